The van der Waals surface area contributed by atoms with Crippen LogP contribution in [0.15, 0.2) is 66.9 Å². The molecule has 0 saturated carbocycles. The van der Waals surface area contributed by atoms with Gasteiger partial charge in [-0.25, -0.2) is 10.2 Å². The molecule has 3 rings (SSSR count). The van der Waals surface area contributed by atoms with Crippen molar-refractivity contribution in [2.75, 3.05) is 0 Å². The molecule has 1 unspecified atom stereocenters. The number of rotatable bonds is 4. The number of carbonyl (C=O) groups excluding carboxylic acids is 1. The van der Waals surface area contributed by atoms with Gasteiger partial charge in [0.25, 0.3) is 5.91 Å². The van der Waals surface area contributed by atoms with Gasteiger partial charge in [-0.3, -0.25) is 10.0 Å². The Balaban J connectivity index is 1.99. The summed E-state index contributed by atoms with van der Waals surface area (Å²) in [6.07, 6.45) is 1.68. The van der Waals surface area contributed by atoms with Crippen molar-refractivity contribution in [2.24, 2.45) is 0 Å². The van der Waals surface area contributed by atoms with Gasteiger partial charge in [0.15, 0.2) is 6.04 Å². The maximum atomic E-state index is 12.0. The second-order valence-corrected chi connectivity index (χ2v) is 4.74. The number of hydroxylamine groups is 1. The predicted octanol–water partition coefficient (Wildman–Crippen LogP) is 2.04. The van der Waals surface area contributed by atoms with E-state index in [1.807, 2.05) is 48.5 Å². The Labute approximate surface area is 127 Å². The first-order chi connectivity index (χ1) is 10.8. The van der Waals surface area contributed by atoms with Crippen LogP contribution in [0.2, 0.25) is 0 Å². The van der Waals surface area contributed by atoms with Crippen molar-refractivity contribution >= 4 is 5.91 Å². The minimum atomic E-state index is -0.781. The molecule has 3 aromatic rings. The Kier molecular flexibility index (Phi) is 3.93. The van der Waals surface area contributed by atoms with Crippen LogP contribution in [0.4, 0.5) is 0 Å². The Hall–Kier alpha value is -2.99. The molecule has 0 aliphatic carbocycles. The van der Waals surface area contributed by atoms with Crippen LogP contribution in [-0.4, -0.2) is 26.1 Å². The molecule has 1 aromatic heterocycles. The van der Waals surface area contributed by atoms with Gasteiger partial charge in [-0.1, -0.05) is 65.9 Å². The van der Waals surface area contributed by atoms with Crippen molar-refractivity contribution in [3.63, 3.8) is 0 Å². The zero-order valence-electron chi connectivity index (χ0n) is 11.6. The molecular weight excluding hydrogens is 280 g/mol. The third-order valence-electron chi connectivity index (χ3n) is 3.32. The summed E-state index contributed by atoms with van der Waals surface area (Å²) in [5.74, 6) is -0.573. The van der Waals surface area contributed by atoms with Crippen LogP contribution < -0.4 is 5.48 Å². The third-order valence-corrected chi connectivity index (χ3v) is 3.32. The van der Waals surface area contributed by atoms with E-state index in [0.29, 0.717) is 11.3 Å². The number of hydrogen-bond acceptors (Lipinski definition) is 4. The van der Waals surface area contributed by atoms with E-state index in [-0.39, 0.29) is 0 Å². The lowest BCUT2D eigenvalue weighted by Crippen LogP contribution is -2.31. The number of carbonyl (C=O) groups is 1. The second-order valence-electron chi connectivity index (χ2n) is 4.74. The second kappa shape index (κ2) is 6.19. The minimum Gasteiger partial charge on any atom is -0.289 e. The lowest BCUT2D eigenvalue weighted by atomic mass is 10.1. The summed E-state index contributed by atoms with van der Waals surface area (Å²) < 4.78 is 1.43. The first-order valence-electron chi connectivity index (χ1n) is 6.76. The molecule has 6 nitrogen and oxygen atoms in total. The van der Waals surface area contributed by atoms with Crippen molar-refractivity contribution in [1.82, 2.24) is 20.5 Å². The monoisotopic (exact) mass is 294 g/mol. The van der Waals surface area contributed by atoms with Crippen LogP contribution in [0, 0.1) is 0 Å². The van der Waals surface area contributed by atoms with Crippen molar-refractivity contribution < 1.29 is 10.0 Å². The molecule has 1 amide bonds. The highest BCUT2D eigenvalue weighted by Crippen LogP contribution is 2.21. The number of nitrogens with zero attached hydrogens (tertiary/aromatic N) is 3. The normalized spacial score (nSPS) is 11.9. The molecule has 22 heavy (non-hydrogen) atoms. The van der Waals surface area contributed by atoms with Crippen LogP contribution in [0.25, 0.3) is 11.3 Å². The Morgan fingerprint density at radius 3 is 2.32 bits per heavy atom. The number of amides is 1. The van der Waals surface area contributed by atoms with E-state index in [0.717, 1.165) is 5.56 Å². The maximum Gasteiger partial charge on any atom is 0.272 e. The largest absolute Gasteiger partial charge is 0.289 e. The summed E-state index contributed by atoms with van der Waals surface area (Å²) in [6.45, 7) is 0. The number of hydrogen-bond donors (Lipinski definition) is 2. The molecule has 0 bridgehead atoms. The third kappa shape index (κ3) is 2.72. The highest BCUT2D eigenvalue weighted by atomic mass is 16.5. The lowest BCUT2D eigenvalue weighted by molar-refractivity contribution is -0.131. The highest BCUT2D eigenvalue weighted by molar-refractivity contribution is 5.82. The molecule has 6 heteroatoms. The smallest absolute Gasteiger partial charge is 0.272 e. The van der Waals surface area contributed by atoms with Gasteiger partial charge in [0.1, 0.15) is 5.69 Å². The van der Waals surface area contributed by atoms with Gasteiger partial charge in [0.05, 0.1) is 6.20 Å². The van der Waals surface area contributed by atoms with E-state index < -0.39 is 11.9 Å². The number of aromatic nitrogens is 3. The zero-order valence-corrected chi connectivity index (χ0v) is 11.6. The first-order valence-corrected chi connectivity index (χ1v) is 6.76. The quantitative estimate of drug-likeness (QED) is 0.570. The van der Waals surface area contributed by atoms with Gasteiger partial charge in [0.2, 0.25) is 0 Å². The fourth-order valence-corrected chi connectivity index (χ4v) is 2.26. The van der Waals surface area contributed by atoms with Gasteiger partial charge in [-0.15, -0.1) is 5.10 Å². The summed E-state index contributed by atoms with van der Waals surface area (Å²) in [7, 11) is 0. The average Bonchev–Trinajstić information content (AvgIpc) is 3.06. The summed E-state index contributed by atoms with van der Waals surface area (Å²) in [5.41, 5.74) is 3.96. The fourth-order valence-electron chi connectivity index (χ4n) is 2.26. The molecule has 0 aliphatic rings. The van der Waals surface area contributed by atoms with E-state index in [1.165, 1.54) is 4.68 Å². The molecular formula is C16H14N4O2. The summed E-state index contributed by atoms with van der Waals surface area (Å²) in [4.78, 5) is 12.0. The summed E-state index contributed by atoms with van der Waals surface area (Å²) in [5, 5.41) is 17.1. The fraction of sp³-hybridized carbons (Fsp3) is 0.0625. The van der Waals surface area contributed by atoms with E-state index in [9.17, 15) is 4.79 Å². The van der Waals surface area contributed by atoms with E-state index in [1.54, 1.807) is 23.8 Å². The summed E-state index contributed by atoms with van der Waals surface area (Å²) >= 11 is 0. The van der Waals surface area contributed by atoms with Crippen molar-refractivity contribution in [1.29, 1.82) is 0 Å². The molecule has 2 aromatic carbocycles. The van der Waals surface area contributed by atoms with Gasteiger partial charge in [0, 0.05) is 5.56 Å². The highest BCUT2D eigenvalue weighted by Gasteiger charge is 2.23. The SMILES string of the molecule is O=C(NO)C(c1ccccc1)n1cc(-c2ccccc2)nn1. The molecule has 1 atom stereocenters. The van der Waals surface area contributed by atoms with Crippen molar-refractivity contribution in [3.05, 3.63) is 72.4 Å². The van der Waals surface area contributed by atoms with Gasteiger partial charge < -0.3 is 0 Å². The van der Waals surface area contributed by atoms with Gasteiger partial charge >= 0.3 is 0 Å². The minimum absolute atomic E-state index is 0.573. The molecule has 2 N–H and O–H groups in total. The van der Waals surface area contributed by atoms with Crippen LogP contribution in [0.3, 0.4) is 0 Å². The molecule has 0 saturated heterocycles. The molecule has 0 aliphatic heterocycles. The molecule has 0 spiro atoms. The Bertz CT molecular complexity index is 756. The summed E-state index contributed by atoms with van der Waals surface area (Å²) in [6, 6.07) is 17.9. The van der Waals surface area contributed by atoms with E-state index >= 15 is 0 Å². The van der Waals surface area contributed by atoms with E-state index in [4.69, 9.17) is 5.21 Å². The van der Waals surface area contributed by atoms with E-state index in [2.05, 4.69) is 10.3 Å². The molecule has 0 radical (unpaired) electrons. The average molecular weight is 294 g/mol. The zero-order chi connectivity index (χ0) is 15.4. The van der Waals surface area contributed by atoms with Crippen LogP contribution in [0.1, 0.15) is 11.6 Å². The van der Waals surface area contributed by atoms with Crippen LogP contribution in [-0.2, 0) is 4.79 Å². The molecule has 110 valence electrons. The van der Waals surface area contributed by atoms with Crippen molar-refractivity contribution in [2.45, 2.75) is 6.04 Å². The van der Waals surface area contributed by atoms with Gasteiger partial charge in [-0.2, -0.15) is 0 Å². The molecule has 1 heterocycles. The molecule has 0 fully saturated rings. The van der Waals surface area contributed by atoms with Crippen LogP contribution >= 0.6 is 0 Å². The van der Waals surface area contributed by atoms with Crippen LogP contribution in [0.5, 0.6) is 0 Å². The number of nitrogens with one attached hydrogen (secondary N) is 1. The Morgan fingerprint density at radius 1 is 1.05 bits per heavy atom. The van der Waals surface area contributed by atoms with Crippen molar-refractivity contribution in [3.8, 4) is 11.3 Å². The predicted molar refractivity (Wildman–Crippen MR) is 80.0 cm³/mol. The van der Waals surface area contributed by atoms with Gasteiger partial charge in [-0.05, 0) is 5.56 Å². The number of benzene rings is 2. The first kappa shape index (κ1) is 14.0. The maximum absolute atomic E-state index is 12.0. The Morgan fingerprint density at radius 2 is 1.68 bits per heavy atom. The topological polar surface area (TPSA) is 80.0 Å². The lowest BCUT2D eigenvalue weighted by Gasteiger charge is -2.14. The standard InChI is InChI=1S/C16H14N4O2/c21-16(18-22)15(13-9-5-2-6-10-13)20-11-14(17-19-20)12-7-3-1-4-8-12/h1-11,15,22H,(H,18,21).